The van der Waals surface area contributed by atoms with Gasteiger partial charge in [-0.1, -0.05) is 6.92 Å². The highest BCUT2D eigenvalue weighted by atomic mass is 16.4. The summed E-state index contributed by atoms with van der Waals surface area (Å²) in [4.78, 5) is 10.2. The van der Waals surface area contributed by atoms with Crippen LogP contribution in [0.25, 0.3) is 0 Å². The summed E-state index contributed by atoms with van der Waals surface area (Å²) in [5.41, 5.74) is 0. The Hall–Kier alpha value is -0.610. The Morgan fingerprint density at radius 2 is 2.07 bits per heavy atom. The van der Waals surface area contributed by atoms with Crippen molar-refractivity contribution in [1.29, 1.82) is 0 Å². The fourth-order valence-corrected chi connectivity index (χ4v) is 1.09. The van der Waals surface area contributed by atoms with Crippen LogP contribution in [0, 0.1) is 5.92 Å². The Bertz CT molecular complexity index is 150. The van der Waals surface area contributed by atoms with Crippen LogP contribution in [-0.2, 0) is 4.79 Å². The summed E-state index contributed by atoms with van der Waals surface area (Å²) in [5, 5.41) is 20.3. The number of hydrogen-bond donors (Lipinski definition) is 3. The predicted octanol–water partition coefficient (Wildman–Crippen LogP) is 0.849. The molecule has 1 unspecified atom stereocenters. The Morgan fingerprint density at radius 1 is 1.36 bits per heavy atom. The molecule has 4 heteroatoms. The van der Waals surface area contributed by atoms with Crippen molar-refractivity contribution < 1.29 is 15.0 Å². The van der Waals surface area contributed by atoms with Crippen LogP contribution in [0.5, 0.6) is 0 Å². The fraction of sp³-hybridized carbons (Fsp3) is 0.900. The van der Waals surface area contributed by atoms with Crippen molar-refractivity contribution in [2.24, 2.45) is 5.92 Å². The second-order valence-electron chi connectivity index (χ2n) is 3.68. The van der Waals surface area contributed by atoms with Crippen molar-refractivity contribution in [1.82, 2.24) is 5.32 Å². The van der Waals surface area contributed by atoms with E-state index in [1.165, 1.54) is 0 Å². The number of carboxylic acid groups (broad SMARTS) is 1. The van der Waals surface area contributed by atoms with Crippen molar-refractivity contribution in [2.75, 3.05) is 19.7 Å². The SMILES string of the molecule is CC(CO)CCNCCCCC(=O)O. The van der Waals surface area contributed by atoms with E-state index >= 15 is 0 Å². The van der Waals surface area contributed by atoms with E-state index in [1.807, 2.05) is 6.92 Å². The van der Waals surface area contributed by atoms with E-state index in [9.17, 15) is 4.79 Å². The summed E-state index contributed by atoms with van der Waals surface area (Å²) in [7, 11) is 0. The number of carboxylic acids is 1. The molecule has 0 radical (unpaired) electrons. The average Bonchev–Trinajstić information content (AvgIpc) is 2.15. The molecular weight excluding hydrogens is 182 g/mol. The number of hydrogen-bond acceptors (Lipinski definition) is 3. The topological polar surface area (TPSA) is 69.6 Å². The van der Waals surface area contributed by atoms with Gasteiger partial charge in [-0.2, -0.15) is 0 Å². The van der Waals surface area contributed by atoms with Gasteiger partial charge in [-0.15, -0.1) is 0 Å². The van der Waals surface area contributed by atoms with E-state index in [4.69, 9.17) is 10.2 Å². The molecule has 0 rings (SSSR count). The van der Waals surface area contributed by atoms with Crippen LogP contribution >= 0.6 is 0 Å². The van der Waals surface area contributed by atoms with Crippen LogP contribution in [0.1, 0.15) is 32.6 Å². The highest BCUT2D eigenvalue weighted by Gasteiger charge is 1.99. The second-order valence-corrected chi connectivity index (χ2v) is 3.68. The summed E-state index contributed by atoms with van der Waals surface area (Å²) >= 11 is 0. The largest absolute Gasteiger partial charge is 0.481 e. The first kappa shape index (κ1) is 13.4. The van der Waals surface area contributed by atoms with Crippen LogP contribution in [0.15, 0.2) is 0 Å². The first-order chi connectivity index (χ1) is 6.66. The number of unbranched alkanes of at least 4 members (excludes halogenated alkanes) is 1. The molecule has 0 aliphatic rings. The first-order valence-electron chi connectivity index (χ1n) is 5.20. The highest BCUT2D eigenvalue weighted by molar-refractivity contribution is 5.66. The van der Waals surface area contributed by atoms with Gasteiger partial charge >= 0.3 is 5.97 Å². The van der Waals surface area contributed by atoms with Gasteiger partial charge in [0, 0.05) is 13.0 Å². The third-order valence-electron chi connectivity index (χ3n) is 2.12. The zero-order chi connectivity index (χ0) is 10.8. The van der Waals surface area contributed by atoms with E-state index in [0.29, 0.717) is 5.92 Å². The number of nitrogens with one attached hydrogen (secondary N) is 1. The van der Waals surface area contributed by atoms with Gasteiger partial charge in [-0.05, 0) is 38.3 Å². The van der Waals surface area contributed by atoms with Crippen LogP contribution in [0.4, 0.5) is 0 Å². The lowest BCUT2D eigenvalue weighted by Crippen LogP contribution is -2.19. The molecule has 0 heterocycles. The monoisotopic (exact) mass is 203 g/mol. The third-order valence-corrected chi connectivity index (χ3v) is 2.12. The number of aliphatic carboxylic acids is 1. The van der Waals surface area contributed by atoms with Crippen molar-refractivity contribution >= 4 is 5.97 Å². The number of carbonyl (C=O) groups is 1. The molecule has 0 aromatic heterocycles. The zero-order valence-electron chi connectivity index (χ0n) is 8.83. The van der Waals surface area contributed by atoms with Gasteiger partial charge in [0.2, 0.25) is 0 Å². The molecule has 84 valence electrons. The Labute approximate surface area is 85.3 Å². The highest BCUT2D eigenvalue weighted by Crippen LogP contribution is 1.98. The van der Waals surface area contributed by atoms with Gasteiger partial charge in [0.05, 0.1) is 0 Å². The van der Waals surface area contributed by atoms with Gasteiger partial charge in [0.1, 0.15) is 0 Å². The second kappa shape index (κ2) is 8.97. The smallest absolute Gasteiger partial charge is 0.303 e. The van der Waals surface area contributed by atoms with Gasteiger partial charge in [-0.3, -0.25) is 4.79 Å². The molecule has 0 saturated carbocycles. The molecule has 1 atom stereocenters. The van der Waals surface area contributed by atoms with Crippen molar-refractivity contribution in [3.63, 3.8) is 0 Å². The molecule has 4 nitrogen and oxygen atoms in total. The molecular formula is C10H21NO3. The predicted molar refractivity (Wildman–Crippen MR) is 55.2 cm³/mol. The summed E-state index contributed by atoms with van der Waals surface area (Å²) < 4.78 is 0. The van der Waals surface area contributed by atoms with E-state index in [2.05, 4.69) is 5.32 Å². The molecule has 0 aliphatic heterocycles. The maximum absolute atomic E-state index is 10.2. The van der Waals surface area contributed by atoms with Gasteiger partial charge in [0.25, 0.3) is 0 Å². The molecule has 0 aliphatic carbocycles. The van der Waals surface area contributed by atoms with Crippen molar-refractivity contribution in [3.8, 4) is 0 Å². The summed E-state index contributed by atoms with van der Waals surface area (Å²) in [5.74, 6) is -0.375. The zero-order valence-corrected chi connectivity index (χ0v) is 8.83. The lowest BCUT2D eigenvalue weighted by atomic mass is 10.1. The normalized spacial score (nSPS) is 12.7. The average molecular weight is 203 g/mol. The lowest BCUT2D eigenvalue weighted by Gasteiger charge is -2.08. The van der Waals surface area contributed by atoms with E-state index in [-0.39, 0.29) is 13.0 Å². The van der Waals surface area contributed by atoms with Gasteiger partial charge in [-0.25, -0.2) is 0 Å². The standard InChI is InChI=1S/C10H21NO3/c1-9(8-12)5-7-11-6-3-2-4-10(13)14/h9,11-12H,2-8H2,1H3,(H,13,14). The molecule has 0 fully saturated rings. The van der Waals surface area contributed by atoms with Crippen molar-refractivity contribution in [2.45, 2.75) is 32.6 Å². The molecule has 0 bridgehead atoms. The van der Waals surface area contributed by atoms with E-state index < -0.39 is 5.97 Å². The number of aliphatic hydroxyl groups excluding tert-OH is 1. The first-order valence-corrected chi connectivity index (χ1v) is 5.20. The van der Waals surface area contributed by atoms with E-state index in [0.717, 1.165) is 32.4 Å². The van der Waals surface area contributed by atoms with Crippen LogP contribution < -0.4 is 5.32 Å². The Balaban J connectivity index is 3.02. The lowest BCUT2D eigenvalue weighted by molar-refractivity contribution is -0.137. The molecule has 0 spiro atoms. The summed E-state index contributed by atoms with van der Waals surface area (Å²) in [6, 6.07) is 0. The van der Waals surface area contributed by atoms with Crippen LogP contribution in [0.2, 0.25) is 0 Å². The molecule has 0 saturated heterocycles. The van der Waals surface area contributed by atoms with Crippen molar-refractivity contribution in [3.05, 3.63) is 0 Å². The summed E-state index contributed by atoms with van der Waals surface area (Å²) in [6.07, 6.45) is 2.86. The van der Waals surface area contributed by atoms with Gasteiger partial charge in [0.15, 0.2) is 0 Å². The van der Waals surface area contributed by atoms with Crippen LogP contribution in [0.3, 0.4) is 0 Å². The molecule has 0 aromatic rings. The molecule has 3 N–H and O–H groups in total. The minimum absolute atomic E-state index is 0.237. The van der Waals surface area contributed by atoms with E-state index in [1.54, 1.807) is 0 Å². The number of rotatable bonds is 9. The van der Waals surface area contributed by atoms with Crippen LogP contribution in [-0.4, -0.2) is 35.9 Å². The Kier molecular flexibility index (Phi) is 8.57. The quantitative estimate of drug-likeness (QED) is 0.486. The maximum Gasteiger partial charge on any atom is 0.303 e. The minimum atomic E-state index is -0.723. The van der Waals surface area contributed by atoms with Gasteiger partial charge < -0.3 is 15.5 Å². The third kappa shape index (κ3) is 9.48. The summed E-state index contributed by atoms with van der Waals surface area (Å²) in [6.45, 7) is 4.01. The minimum Gasteiger partial charge on any atom is -0.481 e. The molecule has 14 heavy (non-hydrogen) atoms. The maximum atomic E-state index is 10.2. The Morgan fingerprint density at radius 3 is 2.64 bits per heavy atom. The fourth-order valence-electron chi connectivity index (χ4n) is 1.09. The molecule has 0 amide bonds. The number of aliphatic hydroxyl groups is 1. The molecule has 0 aromatic carbocycles.